The fraction of sp³-hybridized carbons (Fsp3) is 0.308. The molecular formula is C13H13F3N2O2. The number of aromatic nitrogens is 2. The van der Waals surface area contributed by atoms with Gasteiger partial charge in [-0.25, -0.2) is 0 Å². The van der Waals surface area contributed by atoms with Crippen LogP contribution in [0, 0.1) is 0 Å². The zero-order valence-electron chi connectivity index (χ0n) is 10.7. The molecule has 0 amide bonds. The fourth-order valence-electron chi connectivity index (χ4n) is 1.81. The third-order valence-corrected chi connectivity index (χ3v) is 2.59. The lowest BCUT2D eigenvalue weighted by Gasteiger charge is -2.12. The summed E-state index contributed by atoms with van der Waals surface area (Å²) >= 11 is 0. The Morgan fingerprint density at radius 3 is 2.75 bits per heavy atom. The fourth-order valence-corrected chi connectivity index (χ4v) is 1.81. The van der Waals surface area contributed by atoms with E-state index in [4.69, 9.17) is 0 Å². The smallest absolute Gasteiger partial charge is 0.508 e. The van der Waals surface area contributed by atoms with Crippen molar-refractivity contribution in [2.24, 2.45) is 0 Å². The van der Waals surface area contributed by atoms with Gasteiger partial charge in [0.05, 0.1) is 6.20 Å². The van der Waals surface area contributed by atoms with E-state index in [9.17, 15) is 18.3 Å². The number of ether oxygens (including phenoxy) is 1. The summed E-state index contributed by atoms with van der Waals surface area (Å²) in [6.07, 6.45) is -0.852. The summed E-state index contributed by atoms with van der Waals surface area (Å²) in [5, 5.41) is 13.4. The second-order valence-corrected chi connectivity index (χ2v) is 4.22. The van der Waals surface area contributed by atoms with E-state index >= 15 is 0 Å². The number of alkyl halides is 3. The van der Waals surface area contributed by atoms with Crippen molar-refractivity contribution in [1.29, 1.82) is 0 Å². The quantitative estimate of drug-likeness (QED) is 0.934. The van der Waals surface area contributed by atoms with Crippen molar-refractivity contribution in [2.75, 3.05) is 0 Å². The molecule has 0 atom stereocenters. The average molecular weight is 286 g/mol. The van der Waals surface area contributed by atoms with Crippen LogP contribution in [0.1, 0.15) is 13.3 Å². The standard InChI is InChI=1S/C13H13F3N2O2/c1-2-5-18-8-9(7-17-18)11-4-3-10(19)6-12(11)20-13(14,15)16/h3-4,6-8,19H,2,5H2,1H3. The van der Waals surface area contributed by atoms with Crippen molar-refractivity contribution >= 4 is 0 Å². The van der Waals surface area contributed by atoms with Gasteiger partial charge in [-0.15, -0.1) is 13.2 Å². The van der Waals surface area contributed by atoms with Crippen LogP contribution >= 0.6 is 0 Å². The number of aryl methyl sites for hydroxylation is 1. The van der Waals surface area contributed by atoms with Gasteiger partial charge >= 0.3 is 6.36 Å². The first-order valence-electron chi connectivity index (χ1n) is 6.00. The van der Waals surface area contributed by atoms with Gasteiger partial charge in [-0.2, -0.15) is 5.10 Å². The summed E-state index contributed by atoms with van der Waals surface area (Å²) in [7, 11) is 0. The number of aromatic hydroxyl groups is 1. The number of benzene rings is 1. The van der Waals surface area contributed by atoms with Crippen molar-refractivity contribution in [2.45, 2.75) is 26.3 Å². The normalized spacial score (nSPS) is 11.6. The maximum atomic E-state index is 12.4. The molecule has 0 radical (unpaired) electrons. The number of phenolic OH excluding ortho intramolecular Hbond substituents is 1. The van der Waals surface area contributed by atoms with Crippen LogP contribution in [0.2, 0.25) is 0 Å². The van der Waals surface area contributed by atoms with Crippen LogP contribution in [0.15, 0.2) is 30.6 Å². The number of nitrogens with zero attached hydrogens (tertiary/aromatic N) is 2. The molecule has 2 rings (SSSR count). The second kappa shape index (κ2) is 5.44. The molecule has 1 aromatic heterocycles. The summed E-state index contributed by atoms with van der Waals surface area (Å²) < 4.78 is 42.7. The molecule has 20 heavy (non-hydrogen) atoms. The zero-order valence-corrected chi connectivity index (χ0v) is 10.7. The molecule has 1 aromatic carbocycles. The second-order valence-electron chi connectivity index (χ2n) is 4.22. The van der Waals surface area contributed by atoms with Crippen LogP contribution in [0.4, 0.5) is 13.2 Å². The number of halogens is 3. The Kier molecular flexibility index (Phi) is 3.87. The van der Waals surface area contributed by atoms with Crippen LogP contribution in [0.3, 0.4) is 0 Å². The Morgan fingerprint density at radius 1 is 1.35 bits per heavy atom. The SMILES string of the molecule is CCCn1cc(-c2ccc(O)cc2OC(F)(F)F)cn1. The molecule has 0 fully saturated rings. The highest BCUT2D eigenvalue weighted by Gasteiger charge is 2.32. The van der Waals surface area contributed by atoms with Gasteiger partial charge in [0.25, 0.3) is 0 Å². The van der Waals surface area contributed by atoms with Gasteiger partial charge in [-0.05, 0) is 18.6 Å². The van der Waals surface area contributed by atoms with Crippen LogP contribution < -0.4 is 4.74 Å². The number of hydrogen-bond donors (Lipinski definition) is 1. The Balaban J connectivity index is 2.39. The van der Waals surface area contributed by atoms with E-state index in [1.54, 1.807) is 10.9 Å². The predicted molar refractivity (Wildman–Crippen MR) is 66.3 cm³/mol. The van der Waals surface area contributed by atoms with Crippen LogP contribution in [-0.4, -0.2) is 21.2 Å². The minimum Gasteiger partial charge on any atom is -0.508 e. The lowest BCUT2D eigenvalue weighted by molar-refractivity contribution is -0.274. The van der Waals surface area contributed by atoms with Gasteiger partial charge in [0.1, 0.15) is 11.5 Å². The van der Waals surface area contributed by atoms with Crippen LogP contribution in [-0.2, 0) is 6.54 Å². The summed E-state index contributed by atoms with van der Waals surface area (Å²) in [6, 6.07) is 3.60. The minimum absolute atomic E-state index is 0.225. The van der Waals surface area contributed by atoms with Gasteiger partial charge in [-0.3, -0.25) is 4.68 Å². The van der Waals surface area contributed by atoms with Gasteiger partial charge in [0.2, 0.25) is 0 Å². The van der Waals surface area contributed by atoms with Crippen molar-refractivity contribution < 1.29 is 23.0 Å². The zero-order chi connectivity index (χ0) is 14.8. The maximum absolute atomic E-state index is 12.4. The first-order valence-corrected chi connectivity index (χ1v) is 6.00. The lowest BCUT2D eigenvalue weighted by atomic mass is 10.1. The molecule has 0 spiro atoms. The maximum Gasteiger partial charge on any atom is 0.573 e. The topological polar surface area (TPSA) is 47.3 Å². The van der Waals surface area contributed by atoms with E-state index in [2.05, 4.69) is 9.84 Å². The highest BCUT2D eigenvalue weighted by atomic mass is 19.4. The molecule has 0 saturated heterocycles. The van der Waals surface area contributed by atoms with E-state index in [1.165, 1.54) is 18.3 Å². The molecule has 0 saturated carbocycles. The molecule has 4 nitrogen and oxygen atoms in total. The Hall–Kier alpha value is -2.18. The van der Waals surface area contributed by atoms with Crippen molar-refractivity contribution in [3.8, 4) is 22.6 Å². The van der Waals surface area contributed by atoms with Gasteiger partial charge in [-0.1, -0.05) is 6.92 Å². The van der Waals surface area contributed by atoms with Gasteiger partial charge in [0, 0.05) is 29.9 Å². The van der Waals surface area contributed by atoms with Crippen LogP contribution in [0.5, 0.6) is 11.5 Å². The third kappa shape index (κ3) is 3.43. The average Bonchev–Trinajstić information content (AvgIpc) is 2.76. The van der Waals surface area contributed by atoms with E-state index in [-0.39, 0.29) is 11.3 Å². The summed E-state index contributed by atoms with van der Waals surface area (Å²) in [5.74, 6) is -0.748. The minimum atomic E-state index is -4.82. The first-order chi connectivity index (χ1) is 9.39. The van der Waals surface area contributed by atoms with Crippen molar-refractivity contribution in [3.05, 3.63) is 30.6 Å². The Labute approximate surface area is 113 Å². The monoisotopic (exact) mass is 286 g/mol. The largest absolute Gasteiger partial charge is 0.573 e. The Bertz CT molecular complexity index is 594. The molecule has 0 bridgehead atoms. The van der Waals surface area contributed by atoms with E-state index < -0.39 is 12.1 Å². The molecule has 7 heteroatoms. The third-order valence-electron chi connectivity index (χ3n) is 2.59. The Morgan fingerprint density at radius 2 is 2.10 bits per heavy atom. The van der Waals surface area contributed by atoms with E-state index in [1.807, 2.05) is 6.92 Å². The number of rotatable bonds is 4. The summed E-state index contributed by atoms with van der Waals surface area (Å²) in [5.41, 5.74) is 0.722. The molecular weight excluding hydrogens is 273 g/mol. The molecule has 108 valence electrons. The van der Waals surface area contributed by atoms with E-state index in [0.29, 0.717) is 12.1 Å². The lowest BCUT2D eigenvalue weighted by Crippen LogP contribution is -2.17. The molecule has 0 aliphatic heterocycles. The summed E-state index contributed by atoms with van der Waals surface area (Å²) in [6.45, 7) is 2.65. The summed E-state index contributed by atoms with van der Waals surface area (Å²) in [4.78, 5) is 0. The molecule has 1 N–H and O–H groups in total. The molecule has 1 heterocycles. The van der Waals surface area contributed by atoms with Gasteiger partial charge < -0.3 is 9.84 Å². The molecule has 0 aliphatic rings. The van der Waals surface area contributed by atoms with Crippen molar-refractivity contribution in [3.63, 3.8) is 0 Å². The highest BCUT2D eigenvalue weighted by Crippen LogP contribution is 2.36. The van der Waals surface area contributed by atoms with Crippen LogP contribution in [0.25, 0.3) is 11.1 Å². The molecule has 0 unspecified atom stereocenters. The first kappa shape index (κ1) is 14.2. The van der Waals surface area contributed by atoms with Gasteiger partial charge in [0.15, 0.2) is 0 Å². The van der Waals surface area contributed by atoms with Crippen molar-refractivity contribution in [1.82, 2.24) is 9.78 Å². The molecule has 2 aromatic rings. The molecule has 0 aliphatic carbocycles. The number of hydrogen-bond acceptors (Lipinski definition) is 3. The predicted octanol–water partition coefficient (Wildman–Crippen LogP) is 3.56. The number of phenols is 1. The highest BCUT2D eigenvalue weighted by molar-refractivity contribution is 5.70. The van der Waals surface area contributed by atoms with E-state index in [0.717, 1.165) is 12.5 Å².